The SMILES string of the molecule is C/C=C/COc1cc(C)c(OCCCCOc2ccc(/C=N/OC)nc2)c(C)c1. The van der Waals surface area contributed by atoms with Crippen molar-refractivity contribution in [2.45, 2.75) is 33.6 Å². The molecule has 1 aromatic heterocycles. The van der Waals surface area contributed by atoms with Gasteiger partial charge in [-0.25, -0.2) is 0 Å². The first-order chi connectivity index (χ1) is 14.1. The van der Waals surface area contributed by atoms with Gasteiger partial charge >= 0.3 is 0 Å². The van der Waals surface area contributed by atoms with Crippen LogP contribution >= 0.6 is 0 Å². The number of aryl methyl sites for hydroxylation is 2. The summed E-state index contributed by atoms with van der Waals surface area (Å²) in [5.41, 5.74) is 2.89. The Morgan fingerprint density at radius 3 is 2.31 bits per heavy atom. The van der Waals surface area contributed by atoms with Crippen molar-refractivity contribution in [1.29, 1.82) is 0 Å². The zero-order valence-electron chi connectivity index (χ0n) is 17.7. The minimum Gasteiger partial charge on any atom is -0.493 e. The molecule has 0 fully saturated rings. The summed E-state index contributed by atoms with van der Waals surface area (Å²) >= 11 is 0. The molecule has 0 aliphatic carbocycles. The second-order valence-electron chi connectivity index (χ2n) is 6.51. The number of aromatic nitrogens is 1. The number of nitrogens with zero attached hydrogens (tertiary/aromatic N) is 2. The third-order valence-corrected chi connectivity index (χ3v) is 4.12. The summed E-state index contributed by atoms with van der Waals surface area (Å²) in [7, 11) is 1.50. The van der Waals surface area contributed by atoms with Crippen molar-refractivity contribution in [2.24, 2.45) is 5.16 Å². The van der Waals surface area contributed by atoms with Crippen LogP contribution < -0.4 is 14.2 Å². The van der Waals surface area contributed by atoms with Crippen molar-refractivity contribution in [2.75, 3.05) is 26.9 Å². The lowest BCUT2D eigenvalue weighted by Crippen LogP contribution is -2.05. The Bertz CT molecular complexity index is 778. The molecule has 0 radical (unpaired) electrons. The molecule has 0 saturated carbocycles. The van der Waals surface area contributed by atoms with Crippen molar-refractivity contribution < 1.29 is 19.0 Å². The highest BCUT2D eigenvalue weighted by molar-refractivity contribution is 5.76. The first-order valence-corrected chi connectivity index (χ1v) is 9.77. The van der Waals surface area contributed by atoms with Crippen molar-refractivity contribution >= 4 is 6.21 Å². The number of allylic oxidation sites excluding steroid dienone is 1. The Balaban J connectivity index is 1.70. The fraction of sp³-hybridized carbons (Fsp3) is 0.391. The fourth-order valence-corrected chi connectivity index (χ4v) is 2.69. The van der Waals surface area contributed by atoms with Crippen LogP contribution in [0.3, 0.4) is 0 Å². The quantitative estimate of drug-likeness (QED) is 0.221. The van der Waals surface area contributed by atoms with Gasteiger partial charge in [-0.05, 0) is 69.0 Å². The lowest BCUT2D eigenvalue weighted by atomic mass is 10.1. The number of unbranched alkanes of at least 4 members (excludes halogenated alkanes) is 1. The van der Waals surface area contributed by atoms with E-state index in [0.29, 0.717) is 19.8 Å². The topological polar surface area (TPSA) is 62.2 Å². The van der Waals surface area contributed by atoms with E-state index >= 15 is 0 Å². The zero-order chi connectivity index (χ0) is 20.9. The second-order valence-corrected chi connectivity index (χ2v) is 6.51. The Kier molecular flexibility index (Phi) is 9.55. The van der Waals surface area contributed by atoms with Gasteiger partial charge in [0.2, 0.25) is 0 Å². The van der Waals surface area contributed by atoms with Crippen LogP contribution in [0.1, 0.15) is 36.6 Å². The van der Waals surface area contributed by atoms with E-state index in [1.54, 1.807) is 12.4 Å². The molecular weight excluding hydrogens is 368 g/mol. The van der Waals surface area contributed by atoms with E-state index in [-0.39, 0.29) is 0 Å². The van der Waals surface area contributed by atoms with Gasteiger partial charge in [0.25, 0.3) is 0 Å². The number of oxime groups is 1. The summed E-state index contributed by atoms with van der Waals surface area (Å²) in [6.07, 6.45) is 8.99. The number of pyridine rings is 1. The summed E-state index contributed by atoms with van der Waals surface area (Å²) in [5, 5.41) is 3.67. The molecular formula is C23H30N2O4. The molecule has 156 valence electrons. The van der Waals surface area contributed by atoms with Crippen LogP contribution in [0.5, 0.6) is 17.2 Å². The van der Waals surface area contributed by atoms with Crippen LogP contribution in [0.4, 0.5) is 0 Å². The molecule has 1 heterocycles. The first-order valence-electron chi connectivity index (χ1n) is 9.77. The molecule has 0 spiro atoms. The van der Waals surface area contributed by atoms with Gasteiger partial charge in [0.05, 0.1) is 31.3 Å². The van der Waals surface area contributed by atoms with E-state index < -0.39 is 0 Å². The molecule has 6 heteroatoms. The molecule has 2 rings (SSSR count). The lowest BCUT2D eigenvalue weighted by molar-refractivity contribution is 0.215. The highest BCUT2D eigenvalue weighted by Crippen LogP contribution is 2.28. The van der Waals surface area contributed by atoms with Gasteiger partial charge in [-0.3, -0.25) is 4.98 Å². The molecule has 0 bridgehead atoms. The highest BCUT2D eigenvalue weighted by Gasteiger charge is 2.07. The number of ether oxygens (including phenoxy) is 3. The van der Waals surface area contributed by atoms with Crippen LogP contribution in [0.25, 0.3) is 0 Å². The lowest BCUT2D eigenvalue weighted by Gasteiger charge is -2.14. The maximum atomic E-state index is 5.99. The number of hydrogen-bond acceptors (Lipinski definition) is 6. The standard InChI is InChI=1S/C23H30N2O4/c1-5-6-11-28-22-14-18(2)23(19(3)15-22)29-13-8-7-12-27-21-10-9-20(24-17-21)16-25-26-4/h5-6,9-10,14-17H,7-8,11-13H2,1-4H3/b6-5+,25-16+. The van der Waals surface area contributed by atoms with E-state index in [0.717, 1.165) is 46.9 Å². The van der Waals surface area contributed by atoms with Gasteiger partial charge < -0.3 is 19.0 Å². The molecule has 0 aliphatic rings. The fourth-order valence-electron chi connectivity index (χ4n) is 2.69. The third kappa shape index (κ3) is 7.86. The summed E-state index contributed by atoms with van der Waals surface area (Å²) in [6.45, 7) is 7.91. The van der Waals surface area contributed by atoms with E-state index in [4.69, 9.17) is 14.2 Å². The van der Waals surface area contributed by atoms with E-state index in [1.807, 2.05) is 57.2 Å². The van der Waals surface area contributed by atoms with Gasteiger partial charge in [-0.2, -0.15) is 0 Å². The monoisotopic (exact) mass is 398 g/mol. The predicted molar refractivity (Wildman–Crippen MR) is 115 cm³/mol. The smallest absolute Gasteiger partial charge is 0.137 e. The molecule has 6 nitrogen and oxygen atoms in total. The van der Waals surface area contributed by atoms with Crippen molar-refractivity contribution in [1.82, 2.24) is 4.98 Å². The van der Waals surface area contributed by atoms with Crippen LogP contribution in [-0.2, 0) is 4.84 Å². The molecule has 1 aromatic carbocycles. The van der Waals surface area contributed by atoms with E-state index in [1.165, 1.54) is 7.11 Å². The van der Waals surface area contributed by atoms with Gasteiger partial charge in [0.1, 0.15) is 31.0 Å². The Morgan fingerprint density at radius 2 is 1.69 bits per heavy atom. The van der Waals surface area contributed by atoms with Crippen molar-refractivity contribution in [3.8, 4) is 17.2 Å². The van der Waals surface area contributed by atoms with Crippen LogP contribution in [-0.4, -0.2) is 38.1 Å². The normalized spacial score (nSPS) is 11.2. The maximum Gasteiger partial charge on any atom is 0.137 e. The number of hydrogen-bond donors (Lipinski definition) is 0. The van der Waals surface area contributed by atoms with Crippen LogP contribution in [0.2, 0.25) is 0 Å². The van der Waals surface area contributed by atoms with E-state index in [9.17, 15) is 0 Å². The highest BCUT2D eigenvalue weighted by atomic mass is 16.6. The molecule has 0 amide bonds. The molecule has 2 aromatic rings. The molecule has 29 heavy (non-hydrogen) atoms. The Labute approximate surface area is 173 Å². The predicted octanol–water partition coefficient (Wildman–Crippen LogP) is 4.87. The van der Waals surface area contributed by atoms with Gasteiger partial charge in [0, 0.05) is 0 Å². The molecule has 0 saturated heterocycles. The van der Waals surface area contributed by atoms with Crippen LogP contribution in [0.15, 0.2) is 47.8 Å². The summed E-state index contributed by atoms with van der Waals surface area (Å²) in [4.78, 5) is 8.86. The minimum atomic E-state index is 0.578. The third-order valence-electron chi connectivity index (χ3n) is 4.12. The average molecular weight is 399 g/mol. The Morgan fingerprint density at radius 1 is 0.966 bits per heavy atom. The summed E-state index contributed by atoms with van der Waals surface area (Å²) in [6, 6.07) is 7.73. The Hall–Kier alpha value is -3.02. The largest absolute Gasteiger partial charge is 0.493 e. The van der Waals surface area contributed by atoms with Gasteiger partial charge in [-0.15, -0.1) is 0 Å². The molecule has 0 unspecified atom stereocenters. The van der Waals surface area contributed by atoms with Crippen molar-refractivity contribution in [3.05, 3.63) is 59.4 Å². The van der Waals surface area contributed by atoms with E-state index in [2.05, 4.69) is 15.0 Å². The number of benzene rings is 1. The first kappa shape index (κ1) is 22.3. The number of rotatable bonds is 12. The van der Waals surface area contributed by atoms with Gasteiger partial charge in [0.15, 0.2) is 0 Å². The minimum absolute atomic E-state index is 0.578. The maximum absolute atomic E-state index is 5.99. The molecule has 0 aliphatic heterocycles. The van der Waals surface area contributed by atoms with Gasteiger partial charge in [-0.1, -0.05) is 17.3 Å². The average Bonchev–Trinajstić information content (AvgIpc) is 2.71. The molecule has 0 N–H and O–H groups in total. The van der Waals surface area contributed by atoms with Crippen molar-refractivity contribution in [3.63, 3.8) is 0 Å². The second kappa shape index (κ2) is 12.4. The van der Waals surface area contributed by atoms with Crippen LogP contribution in [0, 0.1) is 13.8 Å². The summed E-state index contributed by atoms with van der Waals surface area (Å²) in [5.74, 6) is 2.54. The zero-order valence-corrected chi connectivity index (χ0v) is 17.7. The summed E-state index contributed by atoms with van der Waals surface area (Å²) < 4.78 is 17.4. The molecule has 0 atom stereocenters.